The van der Waals surface area contributed by atoms with E-state index in [1.807, 2.05) is 24.4 Å². The minimum atomic E-state index is -0.999. The average Bonchev–Trinajstić information content (AvgIpc) is 3.38. The molecule has 1 saturated carbocycles. The molecule has 2 heterocycles. The molecule has 29 heavy (non-hydrogen) atoms. The number of thiophene rings is 1. The maximum atomic E-state index is 13.7. The maximum absolute atomic E-state index is 13.7. The van der Waals surface area contributed by atoms with E-state index < -0.39 is 11.6 Å². The molecule has 1 saturated heterocycles. The van der Waals surface area contributed by atoms with Crippen molar-refractivity contribution in [1.29, 1.82) is 0 Å². The molecular weight excluding hydrogens is 387 g/mol. The van der Waals surface area contributed by atoms with Crippen molar-refractivity contribution in [2.45, 2.75) is 63.3 Å². The molecule has 0 unspecified atom stereocenters. The Labute approximate surface area is 175 Å². The molecule has 2 aliphatic rings. The summed E-state index contributed by atoms with van der Waals surface area (Å²) >= 11 is 1.63. The molecule has 0 radical (unpaired) electrons. The van der Waals surface area contributed by atoms with Gasteiger partial charge in [0.15, 0.2) is 0 Å². The van der Waals surface area contributed by atoms with E-state index in [-0.39, 0.29) is 23.7 Å². The summed E-state index contributed by atoms with van der Waals surface area (Å²) in [6, 6.07) is 10.2. The van der Waals surface area contributed by atoms with E-state index in [0.717, 1.165) is 36.1 Å². The van der Waals surface area contributed by atoms with Crippen LogP contribution < -0.4 is 5.32 Å². The Morgan fingerprint density at radius 3 is 2.79 bits per heavy atom. The second-order valence-electron chi connectivity index (χ2n) is 8.64. The topological polar surface area (TPSA) is 52.6 Å². The minimum Gasteiger partial charge on any atom is -0.388 e. The van der Waals surface area contributed by atoms with Gasteiger partial charge in [-0.15, -0.1) is 11.3 Å². The van der Waals surface area contributed by atoms with Crippen molar-refractivity contribution < 1.29 is 14.3 Å². The van der Waals surface area contributed by atoms with Crippen LogP contribution in [0.3, 0.4) is 0 Å². The van der Waals surface area contributed by atoms with Crippen LogP contribution in [0.25, 0.3) is 0 Å². The number of nitrogens with zero attached hydrogens (tertiary/aromatic N) is 1. The van der Waals surface area contributed by atoms with Crippen LogP contribution in [0, 0.1) is 11.7 Å². The van der Waals surface area contributed by atoms with E-state index >= 15 is 0 Å². The van der Waals surface area contributed by atoms with Crippen LogP contribution in [0.5, 0.6) is 0 Å². The highest BCUT2D eigenvalue weighted by Gasteiger charge is 2.47. The standard InChI is InChI=1S/C23H29FN2O2S/c1-23(28)11-12-26(15-16-6-4-9-18(24)14-16)20(19-10-5-13-29-19)21(23)25-22(27)17-7-2-3-8-17/h4-6,9-10,13-14,17,20-21,28H,2-3,7-8,11-12,15H2,1H3,(H,25,27)/t20-,21-,23+/m0/s1. The van der Waals surface area contributed by atoms with Gasteiger partial charge in [0.1, 0.15) is 5.82 Å². The van der Waals surface area contributed by atoms with Gasteiger partial charge in [0, 0.05) is 23.9 Å². The van der Waals surface area contributed by atoms with Gasteiger partial charge in [-0.1, -0.05) is 31.0 Å². The summed E-state index contributed by atoms with van der Waals surface area (Å²) in [5.74, 6) is -0.138. The first-order chi connectivity index (χ1) is 13.9. The molecule has 2 fully saturated rings. The van der Waals surface area contributed by atoms with Gasteiger partial charge in [-0.25, -0.2) is 4.39 Å². The van der Waals surface area contributed by atoms with Crippen molar-refractivity contribution in [1.82, 2.24) is 10.2 Å². The van der Waals surface area contributed by atoms with Crippen molar-refractivity contribution >= 4 is 17.2 Å². The van der Waals surface area contributed by atoms with Gasteiger partial charge in [-0.05, 0) is 55.3 Å². The van der Waals surface area contributed by atoms with Crippen LogP contribution >= 0.6 is 11.3 Å². The number of carbonyl (C=O) groups excluding carboxylic acids is 1. The lowest BCUT2D eigenvalue weighted by Gasteiger charge is -2.49. The molecule has 1 aliphatic heterocycles. The van der Waals surface area contributed by atoms with Gasteiger partial charge in [-0.3, -0.25) is 9.69 Å². The molecule has 4 rings (SSSR count). The lowest BCUT2D eigenvalue weighted by Crippen LogP contribution is -2.62. The molecule has 1 aromatic carbocycles. The Kier molecular flexibility index (Phi) is 6.04. The largest absolute Gasteiger partial charge is 0.388 e. The number of benzene rings is 1. The molecule has 1 amide bonds. The number of piperidine rings is 1. The Hall–Kier alpha value is -1.76. The number of likely N-dealkylation sites (tertiary alicyclic amines) is 1. The van der Waals surface area contributed by atoms with E-state index in [4.69, 9.17) is 0 Å². The second kappa shape index (κ2) is 8.54. The first-order valence-corrected chi connectivity index (χ1v) is 11.4. The number of nitrogens with one attached hydrogen (secondary N) is 1. The van der Waals surface area contributed by atoms with E-state index in [1.54, 1.807) is 23.5 Å². The molecule has 1 aliphatic carbocycles. The van der Waals surface area contributed by atoms with Gasteiger partial charge in [-0.2, -0.15) is 0 Å². The Bertz CT molecular complexity index is 833. The van der Waals surface area contributed by atoms with Crippen molar-refractivity contribution in [2.24, 2.45) is 5.92 Å². The van der Waals surface area contributed by atoms with Crippen LogP contribution in [0.1, 0.15) is 55.5 Å². The summed E-state index contributed by atoms with van der Waals surface area (Å²) in [6.45, 7) is 3.08. The molecule has 2 N–H and O–H groups in total. The van der Waals surface area contributed by atoms with Gasteiger partial charge >= 0.3 is 0 Å². The zero-order chi connectivity index (χ0) is 20.4. The molecule has 4 nitrogen and oxygen atoms in total. The summed E-state index contributed by atoms with van der Waals surface area (Å²) in [5, 5.41) is 16.5. The number of aliphatic hydroxyl groups is 1. The summed E-state index contributed by atoms with van der Waals surface area (Å²) in [6.07, 6.45) is 4.60. The molecule has 3 atom stereocenters. The van der Waals surface area contributed by atoms with Gasteiger partial charge in [0.2, 0.25) is 5.91 Å². The smallest absolute Gasteiger partial charge is 0.223 e. The summed E-state index contributed by atoms with van der Waals surface area (Å²) in [4.78, 5) is 16.3. The van der Waals surface area contributed by atoms with Gasteiger partial charge in [0.25, 0.3) is 0 Å². The quantitative estimate of drug-likeness (QED) is 0.766. The van der Waals surface area contributed by atoms with E-state index in [1.165, 1.54) is 6.07 Å². The number of amides is 1. The van der Waals surface area contributed by atoms with Crippen LogP contribution in [-0.2, 0) is 11.3 Å². The van der Waals surface area contributed by atoms with Crippen LogP contribution in [0.15, 0.2) is 41.8 Å². The van der Waals surface area contributed by atoms with Crippen molar-refractivity contribution in [2.75, 3.05) is 6.54 Å². The number of carbonyl (C=O) groups is 1. The van der Waals surface area contributed by atoms with Crippen LogP contribution in [0.2, 0.25) is 0 Å². The number of halogens is 1. The van der Waals surface area contributed by atoms with E-state index in [2.05, 4.69) is 16.3 Å². The van der Waals surface area contributed by atoms with Gasteiger partial charge < -0.3 is 10.4 Å². The average molecular weight is 417 g/mol. The predicted molar refractivity (Wildman–Crippen MR) is 113 cm³/mol. The summed E-state index contributed by atoms with van der Waals surface area (Å²) in [7, 11) is 0. The summed E-state index contributed by atoms with van der Waals surface area (Å²) < 4.78 is 13.7. The number of hydrogen-bond acceptors (Lipinski definition) is 4. The fourth-order valence-electron chi connectivity index (χ4n) is 4.76. The monoisotopic (exact) mass is 416 g/mol. The lowest BCUT2D eigenvalue weighted by atomic mass is 9.81. The lowest BCUT2D eigenvalue weighted by molar-refractivity contribution is -0.132. The zero-order valence-corrected chi connectivity index (χ0v) is 17.6. The predicted octanol–water partition coefficient (Wildman–Crippen LogP) is 4.26. The third kappa shape index (κ3) is 4.55. The molecular formula is C23H29FN2O2S. The maximum Gasteiger partial charge on any atom is 0.223 e. The van der Waals surface area contributed by atoms with Crippen molar-refractivity contribution in [3.8, 4) is 0 Å². The van der Waals surface area contributed by atoms with Crippen molar-refractivity contribution in [3.05, 3.63) is 58.0 Å². The molecule has 0 spiro atoms. The molecule has 0 bridgehead atoms. The Morgan fingerprint density at radius 1 is 1.31 bits per heavy atom. The number of hydrogen-bond donors (Lipinski definition) is 2. The normalized spacial score (nSPS) is 28.5. The molecule has 6 heteroatoms. The Balaban J connectivity index is 1.62. The van der Waals surface area contributed by atoms with Crippen molar-refractivity contribution in [3.63, 3.8) is 0 Å². The fraction of sp³-hybridized carbons (Fsp3) is 0.522. The molecule has 1 aromatic heterocycles. The first-order valence-electron chi connectivity index (χ1n) is 10.5. The molecule has 156 valence electrons. The van der Waals surface area contributed by atoms with Crippen LogP contribution in [-0.4, -0.2) is 34.1 Å². The van der Waals surface area contributed by atoms with Gasteiger partial charge in [0.05, 0.1) is 17.7 Å². The SMILES string of the molecule is C[C@@]1(O)CCN(Cc2cccc(F)c2)[C@@H](c2cccs2)[C@@H]1NC(=O)C1CCCC1. The third-order valence-corrected chi connectivity index (χ3v) is 7.36. The third-order valence-electron chi connectivity index (χ3n) is 6.42. The summed E-state index contributed by atoms with van der Waals surface area (Å²) in [5.41, 5.74) is -0.101. The molecule has 2 aromatic rings. The Morgan fingerprint density at radius 2 is 2.10 bits per heavy atom. The highest BCUT2D eigenvalue weighted by molar-refractivity contribution is 7.10. The van der Waals surface area contributed by atoms with E-state index in [0.29, 0.717) is 19.5 Å². The van der Waals surface area contributed by atoms with Crippen LogP contribution in [0.4, 0.5) is 4.39 Å². The first kappa shape index (κ1) is 20.5. The zero-order valence-electron chi connectivity index (χ0n) is 16.8. The second-order valence-corrected chi connectivity index (χ2v) is 9.61. The highest BCUT2D eigenvalue weighted by Crippen LogP contribution is 2.40. The fourth-order valence-corrected chi connectivity index (χ4v) is 5.66. The minimum absolute atomic E-state index is 0.0494. The van der Waals surface area contributed by atoms with E-state index in [9.17, 15) is 14.3 Å². The number of rotatable bonds is 5. The highest BCUT2D eigenvalue weighted by atomic mass is 32.1.